The minimum Gasteiger partial charge on any atom is -0.328 e. The van der Waals surface area contributed by atoms with Crippen LogP contribution in [-0.4, -0.2) is 24.1 Å². The van der Waals surface area contributed by atoms with Crippen molar-refractivity contribution < 1.29 is 4.39 Å². The van der Waals surface area contributed by atoms with Crippen molar-refractivity contribution in [2.75, 3.05) is 0 Å². The van der Waals surface area contributed by atoms with Crippen LogP contribution < -0.4 is 11.2 Å². The van der Waals surface area contributed by atoms with Gasteiger partial charge in [-0.25, -0.2) is 23.7 Å². The maximum Gasteiger partial charge on any atom is 0.357 e. The zero-order valence-electron chi connectivity index (χ0n) is 14.0. The van der Waals surface area contributed by atoms with E-state index >= 15 is 0 Å². The van der Waals surface area contributed by atoms with Gasteiger partial charge in [0.15, 0.2) is 5.82 Å². The number of aromatic nitrogens is 5. The van der Waals surface area contributed by atoms with E-state index in [2.05, 4.69) is 15.0 Å². The highest BCUT2D eigenvalue weighted by molar-refractivity contribution is 6.32. The first-order valence-electron chi connectivity index (χ1n) is 7.98. The summed E-state index contributed by atoms with van der Waals surface area (Å²) in [5, 5.41) is 0.0492. The molecule has 1 aromatic heterocycles. The molecule has 28 heavy (non-hydrogen) atoms. The molecule has 2 aromatic rings. The summed E-state index contributed by atoms with van der Waals surface area (Å²) in [6.45, 7) is 0.279. The number of hydrogen-bond donors (Lipinski definition) is 0. The highest BCUT2D eigenvalue weighted by Gasteiger charge is 2.19. The van der Waals surface area contributed by atoms with E-state index in [4.69, 9.17) is 23.2 Å². The molecule has 4 rings (SSSR count). The van der Waals surface area contributed by atoms with Gasteiger partial charge in [-0.05, 0) is 41.9 Å². The van der Waals surface area contributed by atoms with Crippen molar-refractivity contribution in [1.82, 2.24) is 24.1 Å². The standard InChI is InChI=1S/C18H10Cl2FN5O2/c19-13-6-11(21)3-4-14(13)26-16(27)12-2-1-5-25(15(12)24-18(26)28)9-10-7-22-17(20)23-8-10/h1-8H,9H2. The first-order valence-corrected chi connectivity index (χ1v) is 8.74. The molecule has 2 aliphatic rings. The van der Waals surface area contributed by atoms with Gasteiger partial charge in [0.1, 0.15) is 5.82 Å². The molecular formula is C18H10Cl2FN5O2. The molecule has 10 heteroatoms. The zero-order valence-corrected chi connectivity index (χ0v) is 15.5. The van der Waals surface area contributed by atoms with Crippen LogP contribution in [0.1, 0.15) is 5.56 Å². The first kappa shape index (κ1) is 18.3. The van der Waals surface area contributed by atoms with Crippen LogP contribution in [0.25, 0.3) is 17.1 Å². The molecular weight excluding hydrogens is 408 g/mol. The predicted octanol–water partition coefficient (Wildman–Crippen LogP) is 2.78. The summed E-state index contributed by atoms with van der Waals surface area (Å²) in [6.07, 6.45) is 4.76. The fourth-order valence-corrected chi connectivity index (χ4v) is 3.15. The highest BCUT2D eigenvalue weighted by Crippen LogP contribution is 2.21. The van der Waals surface area contributed by atoms with Crippen LogP contribution in [0.2, 0.25) is 10.3 Å². The molecule has 1 aromatic carbocycles. The number of benzene rings is 1. The van der Waals surface area contributed by atoms with Crippen LogP contribution in [0.15, 0.2) is 58.5 Å². The van der Waals surface area contributed by atoms with E-state index in [1.807, 2.05) is 0 Å². The van der Waals surface area contributed by atoms with Gasteiger partial charge in [-0.15, -0.1) is 0 Å². The summed E-state index contributed by atoms with van der Waals surface area (Å²) < 4.78 is 15.8. The van der Waals surface area contributed by atoms with Crippen molar-refractivity contribution in [3.05, 3.63) is 91.4 Å². The molecule has 0 radical (unpaired) electrons. The molecule has 7 nitrogen and oxygen atoms in total. The molecule has 0 saturated carbocycles. The van der Waals surface area contributed by atoms with Crippen molar-refractivity contribution in [2.45, 2.75) is 6.54 Å². The smallest absolute Gasteiger partial charge is 0.328 e. The molecule has 0 bridgehead atoms. The molecule has 0 aliphatic carbocycles. The maximum atomic E-state index is 13.3. The van der Waals surface area contributed by atoms with Crippen molar-refractivity contribution >= 4 is 23.2 Å². The quantitative estimate of drug-likeness (QED) is 0.478. The van der Waals surface area contributed by atoms with Gasteiger partial charge in [-0.1, -0.05) is 11.6 Å². The third kappa shape index (κ3) is 3.28. The van der Waals surface area contributed by atoms with E-state index in [9.17, 15) is 14.0 Å². The lowest BCUT2D eigenvalue weighted by Crippen LogP contribution is -2.37. The van der Waals surface area contributed by atoms with Gasteiger partial charge in [0.05, 0.1) is 22.8 Å². The summed E-state index contributed by atoms with van der Waals surface area (Å²) >= 11 is 11.7. The Kier molecular flexibility index (Phi) is 4.66. The van der Waals surface area contributed by atoms with E-state index in [0.717, 1.165) is 16.7 Å². The highest BCUT2D eigenvalue weighted by atomic mass is 35.5. The summed E-state index contributed by atoms with van der Waals surface area (Å²) in [4.78, 5) is 37.4. The van der Waals surface area contributed by atoms with E-state index in [-0.39, 0.29) is 33.9 Å². The normalized spacial score (nSPS) is 11.1. The average molecular weight is 418 g/mol. The zero-order chi connectivity index (χ0) is 19.8. The van der Waals surface area contributed by atoms with Gasteiger partial charge in [0.25, 0.3) is 5.56 Å². The Morgan fingerprint density at radius 3 is 2.54 bits per heavy atom. The van der Waals surface area contributed by atoms with Crippen LogP contribution in [0, 0.1) is 5.82 Å². The fraction of sp³-hybridized carbons (Fsp3) is 0.0556. The Bertz CT molecular complexity index is 1270. The van der Waals surface area contributed by atoms with Gasteiger partial charge < -0.3 is 4.57 Å². The molecule has 0 N–H and O–H groups in total. The minimum absolute atomic E-state index is 0.0639. The number of hydrogen-bond acceptors (Lipinski definition) is 5. The van der Waals surface area contributed by atoms with Crippen LogP contribution in [0.5, 0.6) is 0 Å². The number of rotatable bonds is 3. The van der Waals surface area contributed by atoms with Crippen LogP contribution >= 0.6 is 23.2 Å². The molecule has 3 heterocycles. The average Bonchev–Trinajstić information content (AvgIpc) is 2.66. The first-order chi connectivity index (χ1) is 13.4. The Hall–Kier alpha value is -3.10. The van der Waals surface area contributed by atoms with Crippen molar-refractivity contribution in [3.63, 3.8) is 0 Å². The van der Waals surface area contributed by atoms with Gasteiger partial charge >= 0.3 is 5.69 Å². The molecule has 2 aliphatic heterocycles. The second kappa shape index (κ2) is 7.14. The lowest BCUT2D eigenvalue weighted by Gasteiger charge is -2.15. The van der Waals surface area contributed by atoms with Gasteiger partial charge in [0.2, 0.25) is 5.28 Å². The van der Waals surface area contributed by atoms with Crippen LogP contribution in [-0.2, 0) is 6.54 Å². The Morgan fingerprint density at radius 1 is 1.07 bits per heavy atom. The summed E-state index contributed by atoms with van der Waals surface area (Å²) in [6, 6.07) is 6.61. The molecule has 140 valence electrons. The molecule has 0 saturated heterocycles. The van der Waals surface area contributed by atoms with E-state index in [1.165, 1.54) is 6.07 Å². The molecule has 0 fully saturated rings. The summed E-state index contributed by atoms with van der Waals surface area (Å²) in [5.41, 5.74) is -0.447. The Balaban J connectivity index is 1.88. The van der Waals surface area contributed by atoms with E-state index in [0.29, 0.717) is 5.56 Å². The second-order valence-electron chi connectivity index (χ2n) is 5.86. The summed E-state index contributed by atoms with van der Waals surface area (Å²) in [5.74, 6) is -0.382. The van der Waals surface area contributed by atoms with E-state index in [1.54, 1.807) is 35.3 Å². The monoisotopic (exact) mass is 417 g/mol. The summed E-state index contributed by atoms with van der Waals surface area (Å²) in [7, 11) is 0. The van der Waals surface area contributed by atoms with Crippen molar-refractivity contribution in [1.29, 1.82) is 0 Å². The van der Waals surface area contributed by atoms with Gasteiger partial charge in [-0.3, -0.25) is 4.79 Å². The number of pyridine rings is 1. The van der Waals surface area contributed by atoms with Crippen molar-refractivity contribution in [2.24, 2.45) is 0 Å². The third-order valence-corrected chi connectivity index (χ3v) is 4.54. The van der Waals surface area contributed by atoms with E-state index < -0.39 is 17.1 Å². The number of fused-ring (bicyclic) bond motifs is 1. The van der Waals surface area contributed by atoms with Crippen molar-refractivity contribution in [3.8, 4) is 17.1 Å². The third-order valence-electron chi connectivity index (χ3n) is 4.05. The van der Waals surface area contributed by atoms with Gasteiger partial charge in [-0.2, -0.15) is 4.98 Å². The Morgan fingerprint density at radius 2 is 1.82 bits per heavy atom. The lowest BCUT2D eigenvalue weighted by molar-refractivity contribution is 0.627. The fourth-order valence-electron chi connectivity index (χ4n) is 2.80. The van der Waals surface area contributed by atoms with Crippen LogP contribution in [0.3, 0.4) is 0 Å². The maximum absolute atomic E-state index is 13.3. The largest absolute Gasteiger partial charge is 0.357 e. The minimum atomic E-state index is -0.821. The Labute approximate surface area is 167 Å². The molecule has 0 atom stereocenters. The molecule has 0 amide bonds. The predicted molar refractivity (Wildman–Crippen MR) is 102 cm³/mol. The van der Waals surface area contributed by atoms with Crippen LogP contribution in [0.4, 0.5) is 4.39 Å². The molecule has 0 spiro atoms. The van der Waals surface area contributed by atoms with Gasteiger partial charge in [0, 0.05) is 24.2 Å². The number of nitrogens with zero attached hydrogens (tertiary/aromatic N) is 5. The topological polar surface area (TPSA) is 82.7 Å². The number of halogens is 3. The lowest BCUT2D eigenvalue weighted by atomic mass is 10.2. The molecule has 0 unspecified atom stereocenters. The SMILES string of the molecule is O=c1nc2n(Cc3cnc(Cl)nc3)cccc-2c(=O)n1-c1ccc(F)cc1Cl. The second-order valence-corrected chi connectivity index (χ2v) is 6.61.